The van der Waals surface area contributed by atoms with Crippen molar-refractivity contribution in [1.82, 2.24) is 15.5 Å². The summed E-state index contributed by atoms with van der Waals surface area (Å²) in [5.74, 6) is -1.14. The predicted molar refractivity (Wildman–Crippen MR) is 126 cm³/mol. The number of nitrogens with one attached hydrogen (secondary N) is 2. The number of carbonyl (C=O) groups is 3. The molecule has 2 aliphatic rings. The predicted octanol–water partition coefficient (Wildman–Crippen LogP) is 1.55. The van der Waals surface area contributed by atoms with E-state index in [0.29, 0.717) is 6.54 Å². The van der Waals surface area contributed by atoms with Crippen molar-refractivity contribution in [2.75, 3.05) is 13.1 Å². The van der Waals surface area contributed by atoms with Crippen molar-refractivity contribution in [3.8, 4) is 0 Å². The highest BCUT2D eigenvalue weighted by atomic mass is 16.6. The molecule has 2 fully saturated rings. The molecule has 2 heterocycles. The highest BCUT2D eigenvalue weighted by Crippen LogP contribution is 2.27. The van der Waals surface area contributed by atoms with Crippen LogP contribution in [0.15, 0.2) is 0 Å². The number of imide groups is 1. The molecule has 4 amide bonds. The van der Waals surface area contributed by atoms with Gasteiger partial charge in [-0.25, -0.2) is 4.79 Å². The number of ether oxygens (including phenoxy) is 1. The summed E-state index contributed by atoms with van der Waals surface area (Å²) in [6.45, 7) is 2.64. The van der Waals surface area contributed by atoms with Crippen LogP contribution < -0.4 is 10.6 Å². The number of amides is 4. The highest BCUT2D eigenvalue weighted by Gasteiger charge is 2.51. The minimum atomic E-state index is -1.69. The molecule has 0 radical (unpaired) electrons. The van der Waals surface area contributed by atoms with E-state index in [2.05, 4.69) is 17.6 Å². The van der Waals surface area contributed by atoms with E-state index in [-0.39, 0.29) is 13.0 Å². The van der Waals surface area contributed by atoms with Crippen LogP contribution in [-0.4, -0.2) is 81.8 Å². The Kier molecular flexibility index (Phi) is 12.8. The van der Waals surface area contributed by atoms with E-state index in [4.69, 9.17) is 4.74 Å². The van der Waals surface area contributed by atoms with Crippen molar-refractivity contribution in [2.24, 2.45) is 0 Å². The number of hydrogen-bond donors (Lipinski definition) is 5. The number of urea groups is 1. The van der Waals surface area contributed by atoms with E-state index in [0.717, 1.165) is 24.2 Å². The SMILES string of the molecule is CCCCCCCCCCCCCCNC(=O)C(O)C1OC(N2CCC(=O)NC2=O)C(O)C1O. The summed E-state index contributed by atoms with van der Waals surface area (Å²) in [6.07, 6.45) is 7.16. The van der Waals surface area contributed by atoms with Crippen LogP contribution in [0.2, 0.25) is 0 Å². The Balaban J connectivity index is 1.58. The molecule has 0 spiro atoms. The lowest BCUT2D eigenvalue weighted by Crippen LogP contribution is -2.56. The number of aliphatic hydroxyl groups is 3. The first-order valence-corrected chi connectivity index (χ1v) is 12.9. The third-order valence-electron chi connectivity index (χ3n) is 6.58. The second-order valence-electron chi connectivity index (χ2n) is 9.39. The van der Waals surface area contributed by atoms with Crippen molar-refractivity contribution in [1.29, 1.82) is 0 Å². The van der Waals surface area contributed by atoms with Crippen LogP contribution in [0.3, 0.4) is 0 Å². The van der Waals surface area contributed by atoms with E-state index >= 15 is 0 Å². The van der Waals surface area contributed by atoms with Gasteiger partial charge in [-0.15, -0.1) is 0 Å². The number of aliphatic hydroxyl groups excluding tert-OH is 3. The van der Waals surface area contributed by atoms with Crippen molar-refractivity contribution >= 4 is 17.8 Å². The largest absolute Gasteiger partial charge is 0.387 e. The summed E-state index contributed by atoms with van der Waals surface area (Å²) in [6, 6.07) is -0.751. The summed E-state index contributed by atoms with van der Waals surface area (Å²) < 4.78 is 5.48. The molecule has 0 aliphatic carbocycles. The number of rotatable bonds is 16. The fourth-order valence-electron chi connectivity index (χ4n) is 4.46. The Bertz CT molecular complexity index is 648. The summed E-state index contributed by atoms with van der Waals surface area (Å²) in [5, 5.41) is 35.6. The van der Waals surface area contributed by atoms with Gasteiger partial charge < -0.3 is 25.4 Å². The molecule has 0 aromatic rings. The lowest BCUT2D eigenvalue weighted by molar-refractivity contribution is -0.146. The minimum Gasteiger partial charge on any atom is -0.387 e. The Morgan fingerprint density at radius 3 is 2.12 bits per heavy atom. The Hall–Kier alpha value is -1.75. The third-order valence-corrected chi connectivity index (χ3v) is 6.58. The Labute approximate surface area is 202 Å². The van der Waals surface area contributed by atoms with E-state index in [1.807, 2.05) is 0 Å². The van der Waals surface area contributed by atoms with Gasteiger partial charge in [-0.1, -0.05) is 77.6 Å². The van der Waals surface area contributed by atoms with Gasteiger partial charge in [0.1, 0.15) is 18.3 Å². The summed E-state index contributed by atoms with van der Waals surface area (Å²) in [4.78, 5) is 36.7. The van der Waals surface area contributed by atoms with Crippen molar-refractivity contribution in [3.63, 3.8) is 0 Å². The zero-order chi connectivity index (χ0) is 24.9. The molecule has 34 heavy (non-hydrogen) atoms. The molecular formula is C24H43N3O7. The molecule has 0 bridgehead atoms. The standard InChI is InChI=1S/C24H43N3O7/c1-2-3-4-5-6-7-8-9-10-11-12-13-15-25-22(32)20(31)21-18(29)19(30)23(34-21)27-16-14-17(28)26-24(27)33/h18-21,23,29-31H,2-16H2,1H3,(H,25,32)(H,26,28,33). The molecule has 196 valence electrons. The fourth-order valence-corrected chi connectivity index (χ4v) is 4.46. The number of carbonyl (C=O) groups excluding carboxylic acids is 3. The van der Waals surface area contributed by atoms with Crippen LogP contribution >= 0.6 is 0 Å². The van der Waals surface area contributed by atoms with Crippen LogP contribution in [-0.2, 0) is 14.3 Å². The second-order valence-corrected chi connectivity index (χ2v) is 9.39. The quantitative estimate of drug-likeness (QED) is 0.208. The monoisotopic (exact) mass is 485 g/mol. The lowest BCUT2D eigenvalue weighted by atomic mass is 10.0. The van der Waals surface area contributed by atoms with Gasteiger partial charge in [0.15, 0.2) is 12.3 Å². The first kappa shape index (κ1) is 28.5. The lowest BCUT2D eigenvalue weighted by Gasteiger charge is -2.32. The molecular weight excluding hydrogens is 442 g/mol. The van der Waals surface area contributed by atoms with E-state index in [1.165, 1.54) is 57.8 Å². The van der Waals surface area contributed by atoms with Gasteiger partial charge in [0.2, 0.25) is 5.91 Å². The number of nitrogens with zero attached hydrogens (tertiary/aromatic N) is 1. The van der Waals surface area contributed by atoms with E-state index in [9.17, 15) is 29.7 Å². The first-order valence-electron chi connectivity index (χ1n) is 12.9. The van der Waals surface area contributed by atoms with Crippen LogP contribution in [0.1, 0.15) is 90.4 Å². The molecule has 10 heteroatoms. The molecule has 2 aliphatic heterocycles. The Morgan fingerprint density at radius 2 is 1.56 bits per heavy atom. The normalized spacial score (nSPS) is 25.9. The van der Waals surface area contributed by atoms with Crippen molar-refractivity contribution in [3.05, 3.63) is 0 Å². The van der Waals surface area contributed by atoms with Crippen LogP contribution in [0, 0.1) is 0 Å². The average Bonchev–Trinajstić information content (AvgIpc) is 3.10. The van der Waals surface area contributed by atoms with Crippen LogP contribution in [0.25, 0.3) is 0 Å². The molecule has 2 saturated heterocycles. The molecule has 5 N–H and O–H groups in total. The maximum absolute atomic E-state index is 12.3. The fraction of sp³-hybridized carbons (Fsp3) is 0.875. The summed E-state index contributed by atoms with van der Waals surface area (Å²) >= 11 is 0. The van der Waals surface area contributed by atoms with Gasteiger partial charge in [-0.05, 0) is 6.42 Å². The number of hydrogen-bond acceptors (Lipinski definition) is 7. The maximum Gasteiger partial charge on any atom is 0.326 e. The van der Waals surface area contributed by atoms with Gasteiger partial charge in [0.05, 0.1) is 0 Å². The summed E-state index contributed by atoms with van der Waals surface area (Å²) in [5.41, 5.74) is 0. The van der Waals surface area contributed by atoms with Gasteiger partial charge in [-0.2, -0.15) is 0 Å². The molecule has 5 atom stereocenters. The number of unbranched alkanes of at least 4 members (excludes halogenated alkanes) is 11. The Morgan fingerprint density at radius 1 is 1.00 bits per heavy atom. The van der Waals surface area contributed by atoms with Crippen LogP contribution in [0.4, 0.5) is 4.79 Å². The van der Waals surface area contributed by atoms with Crippen molar-refractivity contribution in [2.45, 2.75) is 121 Å². The molecule has 0 aromatic heterocycles. The third kappa shape index (κ3) is 8.79. The molecule has 0 aromatic carbocycles. The second kappa shape index (κ2) is 15.3. The van der Waals surface area contributed by atoms with E-state index < -0.39 is 48.5 Å². The van der Waals surface area contributed by atoms with Gasteiger partial charge >= 0.3 is 6.03 Å². The molecule has 0 saturated carbocycles. The average molecular weight is 486 g/mol. The van der Waals surface area contributed by atoms with Crippen LogP contribution in [0.5, 0.6) is 0 Å². The summed E-state index contributed by atoms with van der Waals surface area (Å²) in [7, 11) is 0. The van der Waals surface area contributed by atoms with E-state index in [1.54, 1.807) is 0 Å². The first-order chi connectivity index (χ1) is 16.4. The topological polar surface area (TPSA) is 148 Å². The zero-order valence-electron chi connectivity index (χ0n) is 20.4. The highest BCUT2D eigenvalue weighted by molar-refractivity contribution is 5.96. The molecule has 2 rings (SSSR count). The van der Waals surface area contributed by atoms with Gasteiger partial charge in [-0.3, -0.25) is 19.8 Å². The van der Waals surface area contributed by atoms with Crippen molar-refractivity contribution < 1.29 is 34.4 Å². The smallest absolute Gasteiger partial charge is 0.326 e. The van der Waals surface area contributed by atoms with Gasteiger partial charge in [0, 0.05) is 19.5 Å². The zero-order valence-corrected chi connectivity index (χ0v) is 20.4. The maximum atomic E-state index is 12.3. The van der Waals surface area contributed by atoms with Gasteiger partial charge in [0.25, 0.3) is 5.91 Å². The minimum absolute atomic E-state index is 0.00703. The molecule has 10 nitrogen and oxygen atoms in total. The molecule has 5 unspecified atom stereocenters.